The van der Waals surface area contributed by atoms with Gasteiger partial charge in [-0.05, 0) is 93.7 Å². The maximum Gasteiger partial charge on any atom is 0.341 e. The Hall–Kier alpha value is -4.04. The van der Waals surface area contributed by atoms with Crippen LogP contribution in [-0.4, -0.2) is 51.2 Å². The minimum atomic E-state index is -1.27. The van der Waals surface area contributed by atoms with Crippen LogP contribution in [0.1, 0.15) is 39.9 Å². The SMILES string of the molecule is CN(C)CCCc1cccc(Nc2ncc3c(=O)c(C(=O)O)cn(-c4ccc5c(c4)CCC5)c3n2)c1. The van der Waals surface area contributed by atoms with Gasteiger partial charge in [0, 0.05) is 23.8 Å². The van der Waals surface area contributed by atoms with E-state index < -0.39 is 11.4 Å². The Labute approximate surface area is 209 Å². The minimum absolute atomic E-state index is 0.165. The van der Waals surface area contributed by atoms with Crippen LogP contribution < -0.4 is 10.7 Å². The minimum Gasteiger partial charge on any atom is -0.477 e. The molecule has 184 valence electrons. The zero-order valence-electron chi connectivity index (χ0n) is 20.5. The standard InChI is InChI=1S/C28H29N5O3/c1-32(2)13-5-7-18-6-3-10-21(14-18)30-28-29-16-23-25(34)24(27(35)36)17-33(26(23)31-28)22-12-11-19-8-4-9-20(19)15-22/h3,6,10-12,14-17H,4-5,7-9,13H2,1-2H3,(H,35,36)(H,29,30,31). The van der Waals surface area contributed by atoms with E-state index >= 15 is 0 Å². The van der Waals surface area contributed by atoms with Gasteiger partial charge in [-0.2, -0.15) is 4.98 Å². The van der Waals surface area contributed by atoms with Crippen LogP contribution in [0.3, 0.4) is 0 Å². The summed E-state index contributed by atoms with van der Waals surface area (Å²) in [6.45, 7) is 1.02. The van der Waals surface area contributed by atoms with E-state index in [9.17, 15) is 14.7 Å². The van der Waals surface area contributed by atoms with Gasteiger partial charge in [-0.25, -0.2) is 9.78 Å². The molecule has 4 aromatic rings. The van der Waals surface area contributed by atoms with Gasteiger partial charge in [-0.1, -0.05) is 18.2 Å². The van der Waals surface area contributed by atoms with E-state index in [0.717, 1.165) is 50.0 Å². The molecule has 0 spiro atoms. The fourth-order valence-corrected chi connectivity index (χ4v) is 4.76. The molecule has 0 radical (unpaired) electrons. The molecule has 1 aliphatic rings. The van der Waals surface area contributed by atoms with Crippen LogP contribution in [0.4, 0.5) is 11.6 Å². The summed E-state index contributed by atoms with van der Waals surface area (Å²) >= 11 is 0. The highest BCUT2D eigenvalue weighted by molar-refractivity contribution is 5.92. The maximum absolute atomic E-state index is 12.9. The van der Waals surface area contributed by atoms with Gasteiger partial charge in [0.2, 0.25) is 11.4 Å². The first-order valence-electron chi connectivity index (χ1n) is 12.2. The van der Waals surface area contributed by atoms with E-state index in [1.54, 1.807) is 4.57 Å². The molecule has 0 aliphatic heterocycles. The molecule has 2 heterocycles. The van der Waals surface area contributed by atoms with Crippen LogP contribution in [0.25, 0.3) is 16.7 Å². The number of fused-ring (bicyclic) bond motifs is 2. The van der Waals surface area contributed by atoms with Crippen molar-refractivity contribution in [3.63, 3.8) is 0 Å². The number of nitrogens with one attached hydrogen (secondary N) is 1. The van der Waals surface area contributed by atoms with Crippen molar-refractivity contribution in [2.45, 2.75) is 32.1 Å². The molecule has 0 fully saturated rings. The zero-order chi connectivity index (χ0) is 25.2. The third-order valence-corrected chi connectivity index (χ3v) is 6.59. The Morgan fingerprint density at radius 3 is 2.78 bits per heavy atom. The molecule has 2 aromatic heterocycles. The molecule has 8 nitrogen and oxygen atoms in total. The predicted molar refractivity (Wildman–Crippen MR) is 141 cm³/mol. The first-order chi connectivity index (χ1) is 17.4. The summed E-state index contributed by atoms with van der Waals surface area (Å²) in [4.78, 5) is 35.9. The molecule has 1 aliphatic carbocycles. The van der Waals surface area contributed by atoms with E-state index in [-0.39, 0.29) is 10.9 Å². The van der Waals surface area contributed by atoms with E-state index in [0.29, 0.717) is 11.6 Å². The van der Waals surface area contributed by atoms with Crippen LogP contribution in [0.5, 0.6) is 0 Å². The van der Waals surface area contributed by atoms with Crippen molar-refractivity contribution in [1.82, 2.24) is 19.4 Å². The lowest BCUT2D eigenvalue weighted by Gasteiger charge is -2.14. The van der Waals surface area contributed by atoms with Crippen molar-refractivity contribution in [3.05, 3.63) is 87.3 Å². The molecule has 0 saturated heterocycles. The van der Waals surface area contributed by atoms with Crippen molar-refractivity contribution in [2.24, 2.45) is 0 Å². The normalized spacial score (nSPS) is 12.8. The number of carbonyl (C=O) groups is 1. The van der Waals surface area contributed by atoms with Crippen LogP contribution in [0, 0.1) is 0 Å². The summed E-state index contributed by atoms with van der Waals surface area (Å²) in [6.07, 6.45) is 7.93. The number of aryl methyl sites for hydroxylation is 3. The van der Waals surface area contributed by atoms with Crippen LogP contribution in [0.2, 0.25) is 0 Å². The van der Waals surface area contributed by atoms with Gasteiger partial charge >= 0.3 is 5.97 Å². The molecular formula is C28H29N5O3. The summed E-state index contributed by atoms with van der Waals surface area (Å²) in [7, 11) is 4.13. The third kappa shape index (κ3) is 4.85. The number of hydrogen-bond donors (Lipinski definition) is 2. The quantitative estimate of drug-likeness (QED) is 0.387. The number of carboxylic acids is 1. The number of anilines is 2. The Morgan fingerprint density at radius 2 is 1.97 bits per heavy atom. The Kier molecular flexibility index (Phi) is 6.52. The zero-order valence-corrected chi connectivity index (χ0v) is 20.5. The fourth-order valence-electron chi connectivity index (χ4n) is 4.76. The van der Waals surface area contributed by atoms with Gasteiger partial charge in [0.1, 0.15) is 5.56 Å². The van der Waals surface area contributed by atoms with Crippen LogP contribution in [0.15, 0.2) is 59.7 Å². The molecule has 0 amide bonds. The molecule has 2 N–H and O–H groups in total. The first-order valence-corrected chi connectivity index (χ1v) is 12.2. The number of hydrogen-bond acceptors (Lipinski definition) is 6. The van der Waals surface area contributed by atoms with Crippen molar-refractivity contribution in [1.29, 1.82) is 0 Å². The summed E-state index contributed by atoms with van der Waals surface area (Å²) in [5, 5.41) is 13.1. The Bertz CT molecular complexity index is 1510. The number of benzene rings is 2. The van der Waals surface area contributed by atoms with Gasteiger partial charge in [0.05, 0.1) is 5.39 Å². The topological polar surface area (TPSA) is 100 Å². The largest absolute Gasteiger partial charge is 0.477 e. The molecule has 0 bridgehead atoms. The van der Waals surface area contributed by atoms with E-state index in [2.05, 4.69) is 58.5 Å². The molecule has 36 heavy (non-hydrogen) atoms. The Balaban J connectivity index is 1.54. The Morgan fingerprint density at radius 1 is 1.14 bits per heavy atom. The predicted octanol–water partition coefficient (Wildman–Crippen LogP) is 4.21. The monoisotopic (exact) mass is 483 g/mol. The number of rotatable bonds is 8. The van der Waals surface area contributed by atoms with Gasteiger partial charge in [0.25, 0.3) is 0 Å². The number of pyridine rings is 1. The second-order valence-corrected chi connectivity index (χ2v) is 9.52. The highest BCUT2D eigenvalue weighted by Crippen LogP contribution is 2.26. The second-order valence-electron chi connectivity index (χ2n) is 9.52. The summed E-state index contributed by atoms with van der Waals surface area (Å²) in [5.41, 5.74) is 4.86. The average Bonchev–Trinajstić information content (AvgIpc) is 3.32. The van der Waals surface area contributed by atoms with E-state index in [1.165, 1.54) is 29.1 Å². The lowest BCUT2D eigenvalue weighted by Crippen LogP contribution is -2.19. The molecular weight excluding hydrogens is 454 g/mol. The summed E-state index contributed by atoms with van der Waals surface area (Å²) in [6, 6.07) is 14.2. The summed E-state index contributed by atoms with van der Waals surface area (Å²) < 4.78 is 1.68. The molecule has 0 unspecified atom stereocenters. The summed E-state index contributed by atoms with van der Waals surface area (Å²) in [5.74, 6) is -0.935. The first kappa shape index (κ1) is 23.7. The second kappa shape index (κ2) is 9.91. The van der Waals surface area contributed by atoms with Crippen molar-refractivity contribution < 1.29 is 9.90 Å². The smallest absolute Gasteiger partial charge is 0.341 e. The van der Waals surface area contributed by atoms with Gasteiger partial charge < -0.3 is 19.9 Å². The number of nitrogens with zero attached hydrogens (tertiary/aromatic N) is 4. The molecule has 8 heteroatoms. The van der Waals surface area contributed by atoms with E-state index in [1.807, 2.05) is 18.2 Å². The highest BCUT2D eigenvalue weighted by Gasteiger charge is 2.19. The van der Waals surface area contributed by atoms with Crippen LogP contribution >= 0.6 is 0 Å². The van der Waals surface area contributed by atoms with E-state index in [4.69, 9.17) is 0 Å². The maximum atomic E-state index is 12.9. The molecule has 0 atom stereocenters. The molecule has 5 rings (SSSR count). The number of carboxylic acid groups (broad SMARTS) is 1. The van der Waals surface area contributed by atoms with Crippen molar-refractivity contribution in [3.8, 4) is 5.69 Å². The lowest BCUT2D eigenvalue weighted by molar-refractivity contribution is 0.0695. The lowest BCUT2D eigenvalue weighted by atomic mass is 10.1. The third-order valence-electron chi connectivity index (χ3n) is 6.59. The van der Waals surface area contributed by atoms with Crippen molar-refractivity contribution >= 4 is 28.6 Å². The molecule has 0 saturated carbocycles. The van der Waals surface area contributed by atoms with Gasteiger partial charge in [0.15, 0.2) is 5.65 Å². The van der Waals surface area contributed by atoms with Gasteiger partial charge in [-0.3, -0.25) is 4.79 Å². The van der Waals surface area contributed by atoms with Crippen LogP contribution in [-0.2, 0) is 19.3 Å². The number of aromatic nitrogens is 3. The molecule has 2 aromatic carbocycles. The fraction of sp³-hybridized carbons (Fsp3) is 0.286. The average molecular weight is 484 g/mol. The van der Waals surface area contributed by atoms with Gasteiger partial charge in [-0.15, -0.1) is 0 Å². The number of aromatic carboxylic acids is 1. The highest BCUT2D eigenvalue weighted by atomic mass is 16.4. The van der Waals surface area contributed by atoms with Crippen molar-refractivity contribution in [2.75, 3.05) is 26.0 Å².